The number of rotatable bonds is 1. The van der Waals surface area contributed by atoms with Crippen LogP contribution in [0.1, 0.15) is 24.5 Å². The van der Waals surface area contributed by atoms with E-state index in [1.165, 1.54) is 0 Å². The zero-order chi connectivity index (χ0) is 11.0. The lowest BCUT2D eigenvalue weighted by Gasteiger charge is -2.19. The monoisotopic (exact) mass is 236 g/mol. The maximum absolute atomic E-state index is 5.94. The van der Waals surface area contributed by atoms with Crippen LogP contribution in [0, 0.1) is 0 Å². The lowest BCUT2D eigenvalue weighted by Crippen LogP contribution is -2.14. The number of ether oxygens (including phenoxy) is 1. The van der Waals surface area contributed by atoms with E-state index in [2.05, 4.69) is 11.2 Å². The zero-order valence-electron chi connectivity index (χ0n) is 8.90. The van der Waals surface area contributed by atoms with Crippen LogP contribution in [0.15, 0.2) is 24.5 Å². The first kappa shape index (κ1) is 10.1. The molecule has 4 heteroatoms. The third-order valence-electron chi connectivity index (χ3n) is 3.08. The van der Waals surface area contributed by atoms with Crippen molar-refractivity contribution in [3.8, 4) is 0 Å². The molecule has 1 saturated heterocycles. The van der Waals surface area contributed by atoms with E-state index in [9.17, 15) is 0 Å². The summed E-state index contributed by atoms with van der Waals surface area (Å²) in [5, 5.41) is 0.733. The lowest BCUT2D eigenvalue weighted by molar-refractivity contribution is 0.0846. The van der Waals surface area contributed by atoms with E-state index in [4.69, 9.17) is 16.3 Å². The SMILES string of the molecule is Clc1ccn2cc(C3CCOCC3)nc2c1. The zero-order valence-corrected chi connectivity index (χ0v) is 9.65. The molecule has 0 aromatic carbocycles. The topological polar surface area (TPSA) is 26.5 Å². The molecule has 0 saturated carbocycles. The molecular formula is C12H13ClN2O. The summed E-state index contributed by atoms with van der Waals surface area (Å²) in [6, 6.07) is 3.77. The van der Waals surface area contributed by atoms with Crippen LogP contribution in [0.3, 0.4) is 0 Å². The summed E-state index contributed by atoms with van der Waals surface area (Å²) < 4.78 is 7.38. The molecule has 2 aromatic heterocycles. The van der Waals surface area contributed by atoms with E-state index < -0.39 is 0 Å². The molecule has 0 amide bonds. The van der Waals surface area contributed by atoms with Gasteiger partial charge in [-0.2, -0.15) is 0 Å². The first-order chi connectivity index (χ1) is 7.83. The van der Waals surface area contributed by atoms with Gasteiger partial charge >= 0.3 is 0 Å². The van der Waals surface area contributed by atoms with Crippen LogP contribution >= 0.6 is 11.6 Å². The predicted octanol–water partition coefficient (Wildman–Crippen LogP) is 2.88. The summed E-state index contributed by atoms with van der Waals surface area (Å²) in [6.45, 7) is 1.69. The first-order valence-electron chi connectivity index (χ1n) is 5.55. The molecule has 0 unspecified atom stereocenters. The minimum Gasteiger partial charge on any atom is -0.381 e. The highest BCUT2D eigenvalue weighted by Gasteiger charge is 2.18. The Balaban J connectivity index is 1.97. The average Bonchev–Trinajstić information content (AvgIpc) is 2.73. The number of nitrogens with zero attached hydrogens (tertiary/aromatic N) is 2. The number of imidazole rings is 1. The van der Waals surface area contributed by atoms with E-state index in [-0.39, 0.29) is 0 Å². The molecule has 0 N–H and O–H groups in total. The molecule has 1 fully saturated rings. The molecule has 3 rings (SSSR count). The number of fused-ring (bicyclic) bond motifs is 1. The quantitative estimate of drug-likeness (QED) is 0.761. The van der Waals surface area contributed by atoms with Crippen molar-refractivity contribution in [1.82, 2.24) is 9.38 Å². The number of aromatic nitrogens is 2. The van der Waals surface area contributed by atoms with Crippen LogP contribution in [-0.2, 0) is 4.74 Å². The van der Waals surface area contributed by atoms with E-state index >= 15 is 0 Å². The van der Waals surface area contributed by atoms with E-state index in [1.807, 2.05) is 22.7 Å². The second kappa shape index (κ2) is 4.07. The third-order valence-corrected chi connectivity index (χ3v) is 3.32. The van der Waals surface area contributed by atoms with Crippen LogP contribution < -0.4 is 0 Å². The van der Waals surface area contributed by atoms with Gasteiger partial charge in [-0.05, 0) is 25.0 Å². The Morgan fingerprint density at radius 3 is 3.00 bits per heavy atom. The number of halogens is 1. The van der Waals surface area contributed by atoms with Gasteiger partial charge in [-0.25, -0.2) is 4.98 Å². The molecule has 0 radical (unpaired) electrons. The standard InChI is InChI=1S/C12H13ClN2O/c13-10-1-4-15-8-11(14-12(15)7-10)9-2-5-16-6-3-9/h1,4,7-9H,2-3,5-6H2. The van der Waals surface area contributed by atoms with Gasteiger partial charge in [-0.1, -0.05) is 11.6 Å². The van der Waals surface area contributed by atoms with Crippen LogP contribution in [0.25, 0.3) is 5.65 Å². The van der Waals surface area contributed by atoms with Crippen molar-refractivity contribution in [3.05, 3.63) is 35.2 Å². The van der Waals surface area contributed by atoms with Gasteiger partial charge in [-0.3, -0.25) is 0 Å². The fraction of sp³-hybridized carbons (Fsp3) is 0.417. The number of hydrogen-bond acceptors (Lipinski definition) is 2. The van der Waals surface area contributed by atoms with Crippen molar-refractivity contribution in [2.45, 2.75) is 18.8 Å². The van der Waals surface area contributed by atoms with Crippen LogP contribution in [0.5, 0.6) is 0 Å². The fourth-order valence-corrected chi connectivity index (χ4v) is 2.32. The molecule has 16 heavy (non-hydrogen) atoms. The van der Waals surface area contributed by atoms with Crippen molar-refractivity contribution in [2.24, 2.45) is 0 Å². The summed E-state index contributed by atoms with van der Waals surface area (Å²) in [5.41, 5.74) is 2.08. The Kier molecular flexibility index (Phi) is 2.58. The van der Waals surface area contributed by atoms with Gasteiger partial charge in [0.15, 0.2) is 0 Å². The third kappa shape index (κ3) is 1.81. The Morgan fingerprint density at radius 2 is 2.19 bits per heavy atom. The molecular weight excluding hydrogens is 224 g/mol. The Labute approximate surface area is 99.0 Å². The van der Waals surface area contributed by atoms with Crippen molar-refractivity contribution >= 4 is 17.2 Å². The Morgan fingerprint density at radius 1 is 1.38 bits per heavy atom. The van der Waals surface area contributed by atoms with Gasteiger partial charge in [0.25, 0.3) is 0 Å². The molecule has 2 aromatic rings. The summed E-state index contributed by atoms with van der Waals surface area (Å²) >= 11 is 5.94. The van der Waals surface area contributed by atoms with Gasteiger partial charge in [0.05, 0.1) is 5.69 Å². The molecule has 3 nitrogen and oxygen atoms in total. The highest BCUT2D eigenvalue weighted by molar-refractivity contribution is 6.30. The van der Waals surface area contributed by atoms with Gasteiger partial charge in [0.2, 0.25) is 0 Å². The highest BCUT2D eigenvalue weighted by Crippen LogP contribution is 2.26. The second-order valence-electron chi connectivity index (χ2n) is 4.16. The smallest absolute Gasteiger partial charge is 0.138 e. The first-order valence-corrected chi connectivity index (χ1v) is 5.92. The molecule has 0 aliphatic carbocycles. The van der Waals surface area contributed by atoms with E-state index in [0.29, 0.717) is 5.92 Å². The summed E-state index contributed by atoms with van der Waals surface area (Å²) in [5.74, 6) is 0.535. The maximum atomic E-state index is 5.94. The molecule has 0 bridgehead atoms. The van der Waals surface area contributed by atoms with Crippen molar-refractivity contribution < 1.29 is 4.74 Å². The van der Waals surface area contributed by atoms with Crippen molar-refractivity contribution in [2.75, 3.05) is 13.2 Å². The fourth-order valence-electron chi connectivity index (χ4n) is 2.17. The number of pyridine rings is 1. The van der Waals surface area contributed by atoms with E-state index in [0.717, 1.165) is 42.4 Å². The lowest BCUT2D eigenvalue weighted by atomic mass is 9.97. The summed E-state index contributed by atoms with van der Waals surface area (Å²) in [4.78, 5) is 4.62. The molecule has 3 heterocycles. The summed E-state index contributed by atoms with van der Waals surface area (Å²) in [7, 11) is 0. The minimum absolute atomic E-state index is 0.535. The molecule has 1 aliphatic heterocycles. The molecule has 0 atom stereocenters. The highest BCUT2D eigenvalue weighted by atomic mass is 35.5. The maximum Gasteiger partial charge on any atom is 0.138 e. The van der Waals surface area contributed by atoms with Crippen LogP contribution in [0.2, 0.25) is 5.02 Å². The van der Waals surface area contributed by atoms with Gasteiger partial charge in [0.1, 0.15) is 5.65 Å². The van der Waals surface area contributed by atoms with Crippen LogP contribution in [0.4, 0.5) is 0 Å². The Hall–Kier alpha value is -1.06. The summed E-state index contributed by atoms with van der Waals surface area (Å²) in [6.07, 6.45) is 6.18. The number of hydrogen-bond donors (Lipinski definition) is 0. The predicted molar refractivity (Wildman–Crippen MR) is 63.0 cm³/mol. The van der Waals surface area contributed by atoms with Gasteiger partial charge in [0, 0.05) is 36.5 Å². The minimum atomic E-state index is 0.535. The molecule has 84 valence electrons. The van der Waals surface area contributed by atoms with Crippen molar-refractivity contribution in [3.63, 3.8) is 0 Å². The average molecular weight is 237 g/mol. The normalized spacial score (nSPS) is 18.1. The molecule has 1 aliphatic rings. The van der Waals surface area contributed by atoms with Gasteiger partial charge < -0.3 is 9.14 Å². The largest absolute Gasteiger partial charge is 0.381 e. The van der Waals surface area contributed by atoms with Crippen molar-refractivity contribution in [1.29, 1.82) is 0 Å². The van der Waals surface area contributed by atoms with Gasteiger partial charge in [-0.15, -0.1) is 0 Å². The van der Waals surface area contributed by atoms with E-state index in [1.54, 1.807) is 0 Å². The Bertz CT molecular complexity index is 503. The second-order valence-corrected chi connectivity index (χ2v) is 4.60. The van der Waals surface area contributed by atoms with Crippen LogP contribution in [-0.4, -0.2) is 22.6 Å². The molecule has 0 spiro atoms.